The Morgan fingerprint density at radius 2 is 2.28 bits per heavy atom. The van der Waals surface area contributed by atoms with Gasteiger partial charge in [0.05, 0.1) is 12.2 Å². The number of rotatable bonds is 3. The Hall–Kier alpha value is -0.160. The molecule has 0 bridgehead atoms. The summed E-state index contributed by atoms with van der Waals surface area (Å²) in [5.74, 6) is -0.294. The average molecular weight is 337 g/mol. The minimum Gasteiger partial charge on any atom is -0.372 e. The first-order valence-electron chi connectivity index (χ1n) is 5.96. The topological polar surface area (TPSA) is 12.5 Å². The fourth-order valence-electron chi connectivity index (χ4n) is 2.25. The van der Waals surface area contributed by atoms with Crippen LogP contribution >= 0.6 is 27.5 Å². The van der Waals surface area contributed by atoms with Crippen molar-refractivity contribution in [3.8, 4) is 0 Å². The fraction of sp³-hybridized carbons (Fsp3) is 0.538. The van der Waals surface area contributed by atoms with Gasteiger partial charge in [-0.05, 0) is 24.6 Å². The maximum Gasteiger partial charge on any atom is 0.124 e. The maximum absolute atomic E-state index is 13.0. The van der Waals surface area contributed by atoms with Crippen molar-refractivity contribution in [2.45, 2.75) is 25.7 Å². The van der Waals surface area contributed by atoms with Crippen LogP contribution in [0, 0.1) is 5.82 Å². The lowest BCUT2D eigenvalue weighted by atomic mass is 10.1. The average Bonchev–Trinajstić information content (AvgIpc) is 2.32. The summed E-state index contributed by atoms with van der Waals surface area (Å²) < 4.78 is 18.8. The van der Waals surface area contributed by atoms with Gasteiger partial charge in [0.1, 0.15) is 5.82 Å². The second-order valence-corrected chi connectivity index (χ2v) is 5.71. The predicted octanol–water partition coefficient (Wildman–Crippen LogP) is 3.46. The second-order valence-electron chi connectivity index (χ2n) is 4.65. The molecule has 0 amide bonds. The lowest BCUT2D eigenvalue weighted by Gasteiger charge is -2.36. The van der Waals surface area contributed by atoms with Crippen LogP contribution in [0.25, 0.3) is 0 Å². The summed E-state index contributed by atoms with van der Waals surface area (Å²) in [5, 5.41) is 1.31. The van der Waals surface area contributed by atoms with Crippen molar-refractivity contribution in [1.82, 2.24) is 4.90 Å². The Balaban J connectivity index is 2.04. The third-order valence-electron chi connectivity index (χ3n) is 2.98. The van der Waals surface area contributed by atoms with Gasteiger partial charge in [0.25, 0.3) is 0 Å². The van der Waals surface area contributed by atoms with Crippen molar-refractivity contribution in [3.63, 3.8) is 0 Å². The molecule has 1 aliphatic heterocycles. The minimum atomic E-state index is -0.294. The monoisotopic (exact) mass is 335 g/mol. The molecular formula is C13H16BrClFNO. The highest BCUT2D eigenvalue weighted by Gasteiger charge is 2.24. The van der Waals surface area contributed by atoms with Crippen LogP contribution in [0.15, 0.2) is 18.2 Å². The van der Waals surface area contributed by atoms with E-state index in [1.54, 1.807) is 6.07 Å². The van der Waals surface area contributed by atoms with Gasteiger partial charge >= 0.3 is 0 Å². The van der Waals surface area contributed by atoms with Crippen LogP contribution in [0.1, 0.15) is 12.5 Å². The highest BCUT2D eigenvalue weighted by atomic mass is 79.9. The zero-order valence-corrected chi connectivity index (χ0v) is 12.5. The van der Waals surface area contributed by atoms with E-state index in [0.717, 1.165) is 30.5 Å². The molecule has 1 aromatic carbocycles. The Morgan fingerprint density at radius 3 is 2.94 bits per heavy atom. The molecule has 2 atom stereocenters. The number of halogens is 3. The Bertz CT molecular complexity index is 418. The molecule has 0 saturated carbocycles. The summed E-state index contributed by atoms with van der Waals surface area (Å²) in [6.07, 6.45) is 0.411. The molecule has 1 saturated heterocycles. The van der Waals surface area contributed by atoms with Gasteiger partial charge in [-0.2, -0.15) is 0 Å². The zero-order valence-electron chi connectivity index (χ0n) is 10.2. The first-order valence-corrected chi connectivity index (χ1v) is 7.46. The van der Waals surface area contributed by atoms with E-state index in [0.29, 0.717) is 5.02 Å². The second kappa shape index (κ2) is 6.33. The molecule has 5 heteroatoms. The van der Waals surface area contributed by atoms with E-state index in [9.17, 15) is 4.39 Å². The molecule has 0 N–H and O–H groups in total. The van der Waals surface area contributed by atoms with E-state index in [1.807, 2.05) is 0 Å². The molecule has 1 heterocycles. The number of hydrogen-bond donors (Lipinski definition) is 0. The lowest BCUT2D eigenvalue weighted by molar-refractivity contribution is -0.0677. The van der Waals surface area contributed by atoms with Gasteiger partial charge in [-0.3, -0.25) is 4.90 Å². The minimum absolute atomic E-state index is 0.202. The third-order valence-corrected chi connectivity index (χ3v) is 4.06. The van der Waals surface area contributed by atoms with Crippen molar-refractivity contribution in [1.29, 1.82) is 0 Å². The number of hydrogen-bond acceptors (Lipinski definition) is 2. The van der Waals surface area contributed by atoms with Crippen LogP contribution in [0.4, 0.5) is 4.39 Å². The highest BCUT2D eigenvalue weighted by Crippen LogP contribution is 2.21. The first-order chi connectivity index (χ1) is 8.58. The van der Waals surface area contributed by atoms with Gasteiger partial charge in [-0.1, -0.05) is 33.6 Å². The molecule has 1 aromatic rings. The molecule has 18 heavy (non-hydrogen) atoms. The molecule has 100 valence electrons. The van der Waals surface area contributed by atoms with Gasteiger partial charge in [-0.25, -0.2) is 4.39 Å². The maximum atomic E-state index is 13.0. The van der Waals surface area contributed by atoms with E-state index in [-0.39, 0.29) is 18.0 Å². The highest BCUT2D eigenvalue weighted by molar-refractivity contribution is 9.09. The smallest absolute Gasteiger partial charge is 0.124 e. The largest absolute Gasteiger partial charge is 0.372 e. The van der Waals surface area contributed by atoms with Crippen molar-refractivity contribution in [2.24, 2.45) is 0 Å². The van der Waals surface area contributed by atoms with Crippen molar-refractivity contribution >= 4 is 27.5 Å². The lowest BCUT2D eigenvalue weighted by Crippen LogP contribution is -2.46. The van der Waals surface area contributed by atoms with Crippen molar-refractivity contribution in [3.05, 3.63) is 34.6 Å². The predicted molar refractivity (Wildman–Crippen MR) is 74.8 cm³/mol. The molecule has 2 rings (SSSR count). The van der Waals surface area contributed by atoms with E-state index in [1.165, 1.54) is 12.1 Å². The standard InChI is InChI=1S/C13H16BrClFNO/c1-9-6-17(8-12(5-14)18-9)7-10-2-3-11(16)4-13(10)15/h2-4,9,12H,5-8H2,1H3. The number of ether oxygens (including phenoxy) is 1. The summed E-state index contributed by atoms with van der Waals surface area (Å²) >= 11 is 9.50. The van der Waals surface area contributed by atoms with Crippen LogP contribution in [-0.2, 0) is 11.3 Å². The molecule has 2 nitrogen and oxygen atoms in total. The van der Waals surface area contributed by atoms with E-state index >= 15 is 0 Å². The number of morpholine rings is 1. The van der Waals surface area contributed by atoms with Gasteiger partial charge in [0.2, 0.25) is 0 Å². The summed E-state index contributed by atoms with van der Waals surface area (Å²) in [6.45, 7) is 4.53. The number of nitrogens with zero attached hydrogens (tertiary/aromatic N) is 1. The van der Waals surface area contributed by atoms with Crippen LogP contribution in [0.2, 0.25) is 5.02 Å². The molecule has 1 aliphatic rings. The van der Waals surface area contributed by atoms with Gasteiger partial charge in [0.15, 0.2) is 0 Å². The van der Waals surface area contributed by atoms with Gasteiger partial charge in [-0.15, -0.1) is 0 Å². The first kappa shape index (κ1) is 14.3. The van der Waals surface area contributed by atoms with Crippen molar-refractivity contribution in [2.75, 3.05) is 18.4 Å². The quantitative estimate of drug-likeness (QED) is 0.784. The van der Waals surface area contributed by atoms with Crippen LogP contribution in [-0.4, -0.2) is 35.5 Å². The summed E-state index contributed by atoms with van der Waals surface area (Å²) in [7, 11) is 0. The zero-order chi connectivity index (χ0) is 13.1. The van der Waals surface area contributed by atoms with E-state index < -0.39 is 0 Å². The summed E-state index contributed by atoms with van der Waals surface area (Å²) in [6, 6.07) is 4.57. The summed E-state index contributed by atoms with van der Waals surface area (Å²) in [5.41, 5.74) is 0.959. The molecule has 0 spiro atoms. The third kappa shape index (κ3) is 3.67. The van der Waals surface area contributed by atoms with Crippen LogP contribution in [0.3, 0.4) is 0 Å². The van der Waals surface area contributed by atoms with E-state index in [2.05, 4.69) is 27.8 Å². The van der Waals surface area contributed by atoms with E-state index in [4.69, 9.17) is 16.3 Å². The normalized spacial score (nSPS) is 25.3. The SMILES string of the molecule is CC1CN(Cc2ccc(F)cc2Cl)CC(CBr)O1. The Morgan fingerprint density at radius 1 is 1.50 bits per heavy atom. The van der Waals surface area contributed by atoms with Gasteiger partial charge < -0.3 is 4.74 Å². The molecule has 0 radical (unpaired) electrons. The fourth-order valence-corrected chi connectivity index (χ4v) is 2.83. The Labute approximate surface area is 120 Å². The molecule has 0 aromatic heterocycles. The van der Waals surface area contributed by atoms with Crippen LogP contribution < -0.4 is 0 Å². The molecule has 0 aliphatic carbocycles. The molecule has 2 unspecified atom stereocenters. The Kier molecular flexibility index (Phi) is 5.01. The molecule has 1 fully saturated rings. The van der Waals surface area contributed by atoms with Crippen LogP contribution in [0.5, 0.6) is 0 Å². The number of alkyl halides is 1. The molecular weight excluding hydrogens is 321 g/mol. The van der Waals surface area contributed by atoms with Gasteiger partial charge in [0, 0.05) is 30.0 Å². The number of benzene rings is 1. The van der Waals surface area contributed by atoms with Crippen molar-refractivity contribution < 1.29 is 9.13 Å². The summed E-state index contributed by atoms with van der Waals surface area (Å²) in [4.78, 5) is 2.29.